The quantitative estimate of drug-likeness (QED) is 0.803. The molecular formula is C14H27NS. The van der Waals surface area contributed by atoms with E-state index in [4.69, 9.17) is 0 Å². The molecule has 0 spiro atoms. The van der Waals surface area contributed by atoms with Crippen LogP contribution in [-0.2, 0) is 0 Å². The SMILES string of the molecule is CCSC1CCC(NC2CCCC(C)C2)C1. The van der Waals surface area contributed by atoms with Crippen molar-refractivity contribution in [2.45, 2.75) is 76.1 Å². The van der Waals surface area contributed by atoms with Gasteiger partial charge in [-0.1, -0.05) is 26.7 Å². The van der Waals surface area contributed by atoms with Gasteiger partial charge in [0.2, 0.25) is 0 Å². The summed E-state index contributed by atoms with van der Waals surface area (Å²) in [5.74, 6) is 2.24. The van der Waals surface area contributed by atoms with Crippen LogP contribution in [0, 0.1) is 5.92 Å². The molecule has 0 amide bonds. The lowest BCUT2D eigenvalue weighted by Gasteiger charge is -2.30. The number of nitrogens with one attached hydrogen (secondary N) is 1. The van der Waals surface area contributed by atoms with Gasteiger partial charge in [0.05, 0.1) is 0 Å². The van der Waals surface area contributed by atoms with E-state index in [0.717, 1.165) is 23.3 Å². The molecule has 16 heavy (non-hydrogen) atoms. The van der Waals surface area contributed by atoms with Crippen molar-refractivity contribution in [1.82, 2.24) is 5.32 Å². The van der Waals surface area contributed by atoms with Crippen molar-refractivity contribution < 1.29 is 0 Å². The summed E-state index contributed by atoms with van der Waals surface area (Å²) in [6.07, 6.45) is 10.0. The van der Waals surface area contributed by atoms with Gasteiger partial charge in [-0.25, -0.2) is 0 Å². The van der Waals surface area contributed by atoms with Gasteiger partial charge in [-0.2, -0.15) is 11.8 Å². The molecular weight excluding hydrogens is 214 g/mol. The Balaban J connectivity index is 1.70. The minimum Gasteiger partial charge on any atom is -0.311 e. The maximum atomic E-state index is 3.92. The van der Waals surface area contributed by atoms with Crippen molar-refractivity contribution in [3.63, 3.8) is 0 Å². The van der Waals surface area contributed by atoms with Crippen LogP contribution in [0.2, 0.25) is 0 Å². The van der Waals surface area contributed by atoms with E-state index in [1.54, 1.807) is 0 Å². The normalized spacial score (nSPS) is 40.1. The van der Waals surface area contributed by atoms with Crippen molar-refractivity contribution in [1.29, 1.82) is 0 Å². The van der Waals surface area contributed by atoms with Gasteiger partial charge in [0.1, 0.15) is 0 Å². The summed E-state index contributed by atoms with van der Waals surface area (Å²) in [6.45, 7) is 4.70. The summed E-state index contributed by atoms with van der Waals surface area (Å²) in [5, 5.41) is 4.87. The molecule has 1 nitrogen and oxygen atoms in total. The molecule has 2 rings (SSSR count). The van der Waals surface area contributed by atoms with Gasteiger partial charge >= 0.3 is 0 Å². The van der Waals surface area contributed by atoms with Gasteiger partial charge in [0, 0.05) is 17.3 Å². The number of thioether (sulfide) groups is 1. The van der Waals surface area contributed by atoms with Gasteiger partial charge in [-0.3, -0.25) is 0 Å². The lowest BCUT2D eigenvalue weighted by atomic mass is 9.86. The fourth-order valence-corrected chi connectivity index (χ4v) is 4.54. The second kappa shape index (κ2) is 6.30. The third-order valence-corrected chi connectivity index (χ3v) is 5.43. The molecule has 0 aliphatic heterocycles. The van der Waals surface area contributed by atoms with E-state index < -0.39 is 0 Å². The standard InChI is InChI=1S/C14H27NS/c1-3-16-14-8-7-13(10-14)15-12-6-4-5-11(2)9-12/h11-15H,3-10H2,1-2H3. The highest BCUT2D eigenvalue weighted by atomic mass is 32.2. The van der Waals surface area contributed by atoms with Crippen LogP contribution < -0.4 is 5.32 Å². The maximum Gasteiger partial charge on any atom is 0.00805 e. The Morgan fingerprint density at radius 3 is 2.62 bits per heavy atom. The molecule has 94 valence electrons. The molecule has 4 atom stereocenters. The van der Waals surface area contributed by atoms with Crippen molar-refractivity contribution in [3.8, 4) is 0 Å². The first-order valence-electron chi connectivity index (χ1n) is 7.15. The lowest BCUT2D eigenvalue weighted by molar-refractivity contribution is 0.280. The average molecular weight is 241 g/mol. The highest BCUT2D eigenvalue weighted by molar-refractivity contribution is 7.99. The van der Waals surface area contributed by atoms with E-state index in [1.165, 1.54) is 50.7 Å². The van der Waals surface area contributed by atoms with E-state index in [0.29, 0.717) is 0 Å². The topological polar surface area (TPSA) is 12.0 Å². The summed E-state index contributed by atoms with van der Waals surface area (Å²) in [4.78, 5) is 0. The van der Waals surface area contributed by atoms with Gasteiger partial charge in [0.25, 0.3) is 0 Å². The molecule has 0 bridgehead atoms. The summed E-state index contributed by atoms with van der Waals surface area (Å²) in [6, 6.07) is 1.67. The molecule has 2 aliphatic carbocycles. The Hall–Kier alpha value is 0.310. The molecule has 0 aromatic rings. The van der Waals surface area contributed by atoms with Gasteiger partial charge < -0.3 is 5.32 Å². The Labute approximate surface area is 105 Å². The van der Waals surface area contributed by atoms with E-state index in [9.17, 15) is 0 Å². The molecule has 0 radical (unpaired) electrons. The van der Waals surface area contributed by atoms with Crippen LogP contribution in [0.25, 0.3) is 0 Å². The molecule has 4 unspecified atom stereocenters. The zero-order chi connectivity index (χ0) is 11.4. The highest BCUT2D eigenvalue weighted by Gasteiger charge is 2.27. The third-order valence-electron chi connectivity index (χ3n) is 4.19. The fraction of sp³-hybridized carbons (Fsp3) is 1.00. The van der Waals surface area contributed by atoms with Crippen LogP contribution in [0.3, 0.4) is 0 Å². The Morgan fingerprint density at radius 1 is 1.06 bits per heavy atom. The minimum absolute atomic E-state index is 0.833. The largest absolute Gasteiger partial charge is 0.311 e. The molecule has 2 heteroatoms. The number of hydrogen-bond acceptors (Lipinski definition) is 2. The Morgan fingerprint density at radius 2 is 1.88 bits per heavy atom. The van der Waals surface area contributed by atoms with Crippen LogP contribution in [-0.4, -0.2) is 23.1 Å². The predicted molar refractivity (Wildman–Crippen MR) is 74.1 cm³/mol. The first-order valence-corrected chi connectivity index (χ1v) is 8.20. The van der Waals surface area contributed by atoms with Crippen molar-refractivity contribution >= 4 is 11.8 Å². The molecule has 1 N–H and O–H groups in total. The van der Waals surface area contributed by atoms with Crippen LogP contribution >= 0.6 is 11.8 Å². The van der Waals surface area contributed by atoms with Crippen LogP contribution in [0.15, 0.2) is 0 Å². The fourth-order valence-electron chi connectivity index (χ4n) is 3.40. The average Bonchev–Trinajstić information content (AvgIpc) is 2.66. The molecule has 0 heterocycles. The summed E-state index contributed by atoms with van der Waals surface area (Å²) < 4.78 is 0. The zero-order valence-corrected chi connectivity index (χ0v) is 11.7. The molecule has 0 aromatic heterocycles. The Kier molecular flexibility index (Phi) is 5.02. The lowest BCUT2D eigenvalue weighted by Crippen LogP contribution is -2.39. The van der Waals surface area contributed by atoms with E-state index >= 15 is 0 Å². The molecule has 2 saturated carbocycles. The van der Waals surface area contributed by atoms with E-state index in [2.05, 4.69) is 30.9 Å². The molecule has 2 fully saturated rings. The van der Waals surface area contributed by atoms with Crippen LogP contribution in [0.1, 0.15) is 58.8 Å². The van der Waals surface area contributed by atoms with Crippen LogP contribution in [0.4, 0.5) is 0 Å². The molecule has 2 aliphatic rings. The maximum absolute atomic E-state index is 3.92. The molecule has 0 saturated heterocycles. The van der Waals surface area contributed by atoms with Crippen molar-refractivity contribution in [3.05, 3.63) is 0 Å². The zero-order valence-electron chi connectivity index (χ0n) is 10.9. The van der Waals surface area contributed by atoms with Gasteiger partial charge in [0.15, 0.2) is 0 Å². The highest BCUT2D eigenvalue weighted by Crippen LogP contribution is 2.31. The first kappa shape index (κ1) is 12.8. The second-order valence-corrected chi connectivity index (χ2v) is 7.30. The van der Waals surface area contributed by atoms with E-state index in [1.807, 2.05) is 0 Å². The minimum atomic E-state index is 0.833. The summed E-state index contributed by atoms with van der Waals surface area (Å²) >= 11 is 2.17. The van der Waals surface area contributed by atoms with Gasteiger partial charge in [-0.15, -0.1) is 0 Å². The molecule has 0 aromatic carbocycles. The van der Waals surface area contributed by atoms with Crippen LogP contribution in [0.5, 0.6) is 0 Å². The first-order chi connectivity index (χ1) is 7.78. The van der Waals surface area contributed by atoms with E-state index in [-0.39, 0.29) is 0 Å². The number of hydrogen-bond donors (Lipinski definition) is 1. The summed E-state index contributed by atoms with van der Waals surface area (Å²) in [7, 11) is 0. The third kappa shape index (κ3) is 3.66. The van der Waals surface area contributed by atoms with Crippen molar-refractivity contribution in [2.24, 2.45) is 5.92 Å². The number of rotatable bonds is 4. The second-order valence-electron chi connectivity index (χ2n) is 5.72. The predicted octanol–water partition coefficient (Wildman–Crippen LogP) is 3.83. The van der Waals surface area contributed by atoms with Gasteiger partial charge in [-0.05, 0) is 43.8 Å². The summed E-state index contributed by atoms with van der Waals surface area (Å²) in [5.41, 5.74) is 0. The Bertz CT molecular complexity index is 207. The van der Waals surface area contributed by atoms with Crippen molar-refractivity contribution in [2.75, 3.05) is 5.75 Å². The smallest absolute Gasteiger partial charge is 0.00805 e. The monoisotopic (exact) mass is 241 g/mol.